The van der Waals surface area contributed by atoms with Gasteiger partial charge in [0.05, 0.1) is 5.75 Å². The molecule has 1 amide bonds. The molecule has 0 aliphatic carbocycles. The summed E-state index contributed by atoms with van der Waals surface area (Å²) >= 11 is 2.68. The number of amides is 1. The van der Waals surface area contributed by atoms with E-state index < -0.39 is 0 Å². The van der Waals surface area contributed by atoms with Crippen molar-refractivity contribution in [3.63, 3.8) is 0 Å². The maximum Gasteiger partial charge on any atom is 0.236 e. The monoisotopic (exact) mass is 432 g/mol. The van der Waals surface area contributed by atoms with E-state index in [0.29, 0.717) is 16.9 Å². The van der Waals surface area contributed by atoms with Gasteiger partial charge in [-0.15, -0.1) is 20.4 Å². The number of carbonyl (C=O) groups is 1. The Labute approximate surface area is 178 Å². The van der Waals surface area contributed by atoms with E-state index in [4.69, 9.17) is 4.74 Å². The van der Waals surface area contributed by atoms with Crippen LogP contribution in [0.15, 0.2) is 23.4 Å². The van der Waals surface area contributed by atoms with Gasteiger partial charge in [-0.1, -0.05) is 41.3 Å². The first-order chi connectivity index (χ1) is 13.8. The molecule has 0 unspecified atom stereocenters. The van der Waals surface area contributed by atoms with Crippen LogP contribution in [0.1, 0.15) is 41.8 Å². The number of hydrogen-bond acceptors (Lipinski definition) is 8. The SMILES string of the molecule is Cc1nnc(NC(=O)CSc2nnc(COc3c(C)cccc3C)n2C(C)C)s1. The van der Waals surface area contributed by atoms with E-state index in [-0.39, 0.29) is 17.7 Å². The predicted molar refractivity (Wildman–Crippen MR) is 115 cm³/mol. The summed E-state index contributed by atoms with van der Waals surface area (Å²) in [4.78, 5) is 12.2. The maximum atomic E-state index is 12.2. The number of thioether (sulfide) groups is 1. The second-order valence-corrected chi connectivity index (χ2v) is 8.96. The number of nitrogens with one attached hydrogen (secondary N) is 1. The lowest BCUT2D eigenvalue weighted by atomic mass is 10.1. The van der Waals surface area contributed by atoms with Gasteiger partial charge >= 0.3 is 0 Å². The first-order valence-corrected chi connectivity index (χ1v) is 11.0. The molecule has 3 aromatic rings. The van der Waals surface area contributed by atoms with Crippen LogP contribution in [0.25, 0.3) is 0 Å². The third-order valence-corrected chi connectivity index (χ3v) is 5.81. The topological polar surface area (TPSA) is 94.8 Å². The number of para-hydroxylation sites is 1. The molecule has 1 N–H and O–H groups in total. The van der Waals surface area contributed by atoms with Crippen molar-refractivity contribution in [1.82, 2.24) is 25.0 Å². The molecule has 0 saturated carbocycles. The Morgan fingerprint density at radius 2 is 1.90 bits per heavy atom. The third kappa shape index (κ3) is 5.33. The number of anilines is 1. The van der Waals surface area contributed by atoms with Gasteiger partial charge in [-0.05, 0) is 45.7 Å². The summed E-state index contributed by atoms with van der Waals surface area (Å²) in [6.07, 6.45) is 0. The number of benzene rings is 1. The van der Waals surface area contributed by atoms with Crippen molar-refractivity contribution < 1.29 is 9.53 Å². The van der Waals surface area contributed by atoms with E-state index in [2.05, 4.69) is 39.6 Å². The summed E-state index contributed by atoms with van der Waals surface area (Å²) in [7, 11) is 0. The highest BCUT2D eigenvalue weighted by Crippen LogP contribution is 2.26. The van der Waals surface area contributed by atoms with Crippen molar-refractivity contribution in [2.24, 2.45) is 0 Å². The zero-order valence-corrected chi connectivity index (χ0v) is 18.7. The molecule has 0 bridgehead atoms. The van der Waals surface area contributed by atoms with Crippen LogP contribution < -0.4 is 10.1 Å². The highest BCUT2D eigenvalue weighted by Gasteiger charge is 2.18. The average molecular weight is 433 g/mol. The van der Waals surface area contributed by atoms with Crippen molar-refractivity contribution in [1.29, 1.82) is 0 Å². The van der Waals surface area contributed by atoms with Crippen molar-refractivity contribution in [3.05, 3.63) is 40.2 Å². The van der Waals surface area contributed by atoms with Gasteiger partial charge in [0.15, 0.2) is 11.0 Å². The molecular formula is C19H24N6O2S2. The molecule has 0 spiro atoms. The maximum absolute atomic E-state index is 12.2. The molecule has 10 heteroatoms. The van der Waals surface area contributed by atoms with Gasteiger partial charge in [-0.25, -0.2) is 0 Å². The number of aromatic nitrogens is 5. The Morgan fingerprint density at radius 3 is 2.52 bits per heavy atom. The van der Waals surface area contributed by atoms with Gasteiger partial charge in [0.2, 0.25) is 11.0 Å². The van der Waals surface area contributed by atoms with E-state index in [1.165, 1.54) is 23.1 Å². The smallest absolute Gasteiger partial charge is 0.236 e. The zero-order chi connectivity index (χ0) is 21.0. The fraction of sp³-hybridized carbons (Fsp3) is 0.421. The Bertz CT molecular complexity index is 978. The summed E-state index contributed by atoms with van der Waals surface area (Å²) < 4.78 is 8.04. The van der Waals surface area contributed by atoms with E-state index in [1.807, 2.05) is 43.5 Å². The van der Waals surface area contributed by atoms with Gasteiger partial charge < -0.3 is 9.30 Å². The second kappa shape index (κ2) is 9.36. The fourth-order valence-electron chi connectivity index (χ4n) is 2.82. The number of rotatable bonds is 8. The molecule has 0 radical (unpaired) electrons. The average Bonchev–Trinajstić information content (AvgIpc) is 3.25. The normalized spacial score (nSPS) is 11.1. The molecule has 1 aromatic carbocycles. The van der Waals surface area contributed by atoms with Gasteiger partial charge in [0, 0.05) is 6.04 Å². The summed E-state index contributed by atoms with van der Waals surface area (Å²) in [6, 6.07) is 6.19. The zero-order valence-electron chi connectivity index (χ0n) is 17.1. The molecule has 0 fully saturated rings. The number of hydrogen-bond donors (Lipinski definition) is 1. The highest BCUT2D eigenvalue weighted by molar-refractivity contribution is 7.99. The van der Waals surface area contributed by atoms with Crippen LogP contribution in [0, 0.1) is 20.8 Å². The molecule has 0 aliphatic heterocycles. The lowest BCUT2D eigenvalue weighted by molar-refractivity contribution is -0.113. The quantitative estimate of drug-likeness (QED) is 0.539. The predicted octanol–water partition coefficient (Wildman–Crippen LogP) is 3.95. The standard InChI is InChI=1S/C19H24N6O2S2/c1-11(2)25-15(9-27-17-12(3)7-6-8-13(17)4)22-24-19(25)28-10-16(26)20-18-23-21-14(5)29-18/h6-8,11H,9-10H2,1-5H3,(H,20,23,26). The van der Waals surface area contributed by atoms with Gasteiger partial charge in [0.25, 0.3) is 0 Å². The Kier molecular flexibility index (Phi) is 6.86. The highest BCUT2D eigenvalue weighted by atomic mass is 32.2. The molecule has 29 heavy (non-hydrogen) atoms. The van der Waals surface area contributed by atoms with E-state index >= 15 is 0 Å². The summed E-state index contributed by atoms with van der Waals surface area (Å²) in [6.45, 7) is 10.3. The molecule has 3 rings (SSSR count). The van der Waals surface area contributed by atoms with Crippen LogP contribution in [-0.4, -0.2) is 36.6 Å². The summed E-state index contributed by atoms with van der Waals surface area (Å²) in [5, 5.41) is 21.1. The fourth-order valence-corrected chi connectivity index (χ4v) is 4.31. The van der Waals surface area contributed by atoms with Crippen LogP contribution in [0.5, 0.6) is 5.75 Å². The Morgan fingerprint density at radius 1 is 1.17 bits per heavy atom. The lowest BCUT2D eigenvalue weighted by Crippen LogP contribution is -2.15. The third-order valence-electron chi connectivity index (χ3n) is 4.11. The van der Waals surface area contributed by atoms with Crippen molar-refractivity contribution in [2.75, 3.05) is 11.1 Å². The Balaban J connectivity index is 1.66. The van der Waals surface area contributed by atoms with Gasteiger partial charge in [-0.2, -0.15) is 0 Å². The van der Waals surface area contributed by atoms with Crippen LogP contribution >= 0.6 is 23.1 Å². The summed E-state index contributed by atoms with van der Waals surface area (Å²) in [5.74, 6) is 1.65. The van der Waals surface area contributed by atoms with Crippen LogP contribution in [0.2, 0.25) is 0 Å². The molecule has 2 aromatic heterocycles. The minimum Gasteiger partial charge on any atom is -0.485 e. The summed E-state index contributed by atoms with van der Waals surface area (Å²) in [5.41, 5.74) is 2.16. The molecule has 0 atom stereocenters. The second-order valence-electron chi connectivity index (χ2n) is 6.84. The molecule has 0 aliphatic rings. The van der Waals surface area contributed by atoms with Gasteiger partial charge in [-0.3, -0.25) is 10.1 Å². The Hall–Kier alpha value is -2.46. The number of carbonyl (C=O) groups excluding carboxylic acids is 1. The molecule has 8 nitrogen and oxygen atoms in total. The molecule has 2 heterocycles. The molecule has 154 valence electrons. The molecule has 0 saturated heterocycles. The minimum absolute atomic E-state index is 0.137. The van der Waals surface area contributed by atoms with Gasteiger partial charge in [0.1, 0.15) is 17.4 Å². The first-order valence-electron chi connectivity index (χ1n) is 9.20. The number of ether oxygens (including phenoxy) is 1. The number of aryl methyl sites for hydroxylation is 3. The van der Waals surface area contributed by atoms with E-state index in [9.17, 15) is 4.79 Å². The minimum atomic E-state index is -0.155. The van der Waals surface area contributed by atoms with Crippen molar-refractivity contribution >= 4 is 34.1 Å². The van der Waals surface area contributed by atoms with E-state index in [1.54, 1.807) is 0 Å². The van der Waals surface area contributed by atoms with Crippen LogP contribution in [0.4, 0.5) is 5.13 Å². The van der Waals surface area contributed by atoms with Crippen LogP contribution in [-0.2, 0) is 11.4 Å². The first kappa shape index (κ1) is 21.3. The van der Waals surface area contributed by atoms with E-state index in [0.717, 1.165) is 27.7 Å². The van der Waals surface area contributed by atoms with Crippen molar-refractivity contribution in [3.8, 4) is 5.75 Å². The van der Waals surface area contributed by atoms with Crippen molar-refractivity contribution in [2.45, 2.75) is 52.4 Å². The lowest BCUT2D eigenvalue weighted by Gasteiger charge is -2.15. The largest absolute Gasteiger partial charge is 0.485 e. The number of nitrogens with zero attached hydrogens (tertiary/aromatic N) is 5. The molecular weight excluding hydrogens is 408 g/mol. The van der Waals surface area contributed by atoms with Crippen LogP contribution in [0.3, 0.4) is 0 Å².